The Kier molecular flexibility index (Phi) is 5.33. The lowest BCUT2D eigenvalue weighted by atomic mass is 10.1. The smallest absolute Gasteiger partial charge is 0.276 e. The van der Waals surface area contributed by atoms with Gasteiger partial charge in [0.15, 0.2) is 0 Å². The first kappa shape index (κ1) is 19.2. The highest BCUT2D eigenvalue weighted by molar-refractivity contribution is 6.42. The number of nitrogens with zero attached hydrogens (tertiary/aromatic N) is 4. The molecule has 4 rings (SSSR count). The molecule has 0 aliphatic heterocycles. The molecule has 0 aliphatic carbocycles. The molecular weight excluding hydrogens is 411 g/mol. The first-order valence-corrected chi connectivity index (χ1v) is 9.51. The monoisotopic (exact) mass is 426 g/mol. The van der Waals surface area contributed by atoms with E-state index < -0.39 is 5.91 Å². The van der Waals surface area contributed by atoms with Gasteiger partial charge >= 0.3 is 0 Å². The molecule has 2 aromatic heterocycles. The largest absolute Gasteiger partial charge is 0.288 e. The number of carbonyl (C=O) groups excluding carboxylic acids is 1. The van der Waals surface area contributed by atoms with Crippen LogP contribution in [0, 0.1) is 6.92 Å². The fourth-order valence-electron chi connectivity index (χ4n) is 2.84. The van der Waals surface area contributed by atoms with Crippen molar-refractivity contribution in [2.24, 2.45) is 0 Å². The standard InChI is InChI=1S/C20H16Cl2N6O/c1-12-3-2-4-13(7-12)10-28-11-23-20(27-28)24-19(29)18-9-17(25-26-18)14-5-6-15(21)16(22)8-14/h2-9,11H,10H2,1H3,(H,25,26)(H,24,27,29). The molecule has 0 radical (unpaired) electrons. The number of rotatable bonds is 5. The summed E-state index contributed by atoms with van der Waals surface area (Å²) < 4.78 is 1.67. The maximum absolute atomic E-state index is 12.5. The molecule has 0 saturated heterocycles. The number of aryl methyl sites for hydroxylation is 1. The van der Waals surface area contributed by atoms with Crippen LogP contribution in [0.15, 0.2) is 54.9 Å². The lowest BCUT2D eigenvalue weighted by Crippen LogP contribution is -2.14. The van der Waals surface area contributed by atoms with E-state index >= 15 is 0 Å². The Morgan fingerprint density at radius 3 is 2.79 bits per heavy atom. The van der Waals surface area contributed by atoms with E-state index in [4.69, 9.17) is 23.2 Å². The average molecular weight is 427 g/mol. The van der Waals surface area contributed by atoms with Gasteiger partial charge in [0.25, 0.3) is 5.91 Å². The van der Waals surface area contributed by atoms with Crippen molar-refractivity contribution in [1.29, 1.82) is 0 Å². The molecule has 0 unspecified atom stereocenters. The van der Waals surface area contributed by atoms with Gasteiger partial charge in [-0.1, -0.05) is 59.1 Å². The van der Waals surface area contributed by atoms with Gasteiger partial charge in [-0.15, -0.1) is 5.10 Å². The van der Waals surface area contributed by atoms with Gasteiger partial charge in [-0.2, -0.15) is 5.10 Å². The van der Waals surface area contributed by atoms with Crippen LogP contribution in [0.3, 0.4) is 0 Å². The maximum atomic E-state index is 12.5. The number of aromatic nitrogens is 5. The van der Waals surface area contributed by atoms with E-state index in [1.54, 1.807) is 35.3 Å². The number of halogens is 2. The van der Waals surface area contributed by atoms with Crippen molar-refractivity contribution in [3.8, 4) is 11.3 Å². The Balaban J connectivity index is 1.44. The zero-order valence-electron chi connectivity index (χ0n) is 15.4. The van der Waals surface area contributed by atoms with Crippen LogP contribution in [0.25, 0.3) is 11.3 Å². The number of carbonyl (C=O) groups is 1. The van der Waals surface area contributed by atoms with Gasteiger partial charge in [-0.25, -0.2) is 9.67 Å². The summed E-state index contributed by atoms with van der Waals surface area (Å²) in [5.74, 6) is -0.176. The fourth-order valence-corrected chi connectivity index (χ4v) is 3.13. The summed E-state index contributed by atoms with van der Waals surface area (Å²) in [7, 11) is 0. The van der Waals surface area contributed by atoms with Gasteiger partial charge in [0.1, 0.15) is 12.0 Å². The molecule has 2 heterocycles. The molecule has 2 aromatic carbocycles. The van der Waals surface area contributed by atoms with E-state index in [0.29, 0.717) is 22.3 Å². The highest BCUT2D eigenvalue weighted by Crippen LogP contribution is 2.27. The van der Waals surface area contributed by atoms with Gasteiger partial charge < -0.3 is 0 Å². The second-order valence-corrected chi connectivity index (χ2v) is 7.32. The molecular formula is C20H16Cl2N6O. The fraction of sp³-hybridized carbons (Fsp3) is 0.100. The van der Waals surface area contributed by atoms with Crippen LogP contribution in [0.1, 0.15) is 21.6 Å². The number of hydrogen-bond acceptors (Lipinski definition) is 4. The van der Waals surface area contributed by atoms with E-state index in [1.165, 1.54) is 5.56 Å². The minimum atomic E-state index is -0.392. The highest BCUT2D eigenvalue weighted by Gasteiger charge is 2.14. The van der Waals surface area contributed by atoms with Crippen LogP contribution < -0.4 is 5.32 Å². The van der Waals surface area contributed by atoms with Crippen LogP contribution in [0.5, 0.6) is 0 Å². The zero-order chi connectivity index (χ0) is 20.4. The minimum Gasteiger partial charge on any atom is -0.288 e. The molecule has 1 amide bonds. The van der Waals surface area contributed by atoms with Crippen LogP contribution in [-0.2, 0) is 6.54 Å². The zero-order valence-corrected chi connectivity index (χ0v) is 16.9. The Morgan fingerprint density at radius 1 is 1.14 bits per heavy atom. The van der Waals surface area contributed by atoms with Crippen LogP contribution in [0.4, 0.5) is 5.95 Å². The summed E-state index contributed by atoms with van der Waals surface area (Å²) in [5.41, 5.74) is 3.88. The number of H-pyrrole nitrogens is 1. The van der Waals surface area contributed by atoms with E-state index in [2.05, 4.69) is 31.7 Å². The average Bonchev–Trinajstić information content (AvgIpc) is 3.34. The Bertz CT molecular complexity index is 1180. The predicted molar refractivity (Wildman–Crippen MR) is 112 cm³/mol. The molecule has 0 saturated carbocycles. The molecule has 0 bridgehead atoms. The van der Waals surface area contributed by atoms with Gasteiger partial charge in [0, 0.05) is 5.56 Å². The molecule has 29 heavy (non-hydrogen) atoms. The normalized spacial score (nSPS) is 10.9. The third-order valence-electron chi connectivity index (χ3n) is 4.23. The van der Waals surface area contributed by atoms with E-state index in [-0.39, 0.29) is 11.6 Å². The van der Waals surface area contributed by atoms with E-state index in [0.717, 1.165) is 11.1 Å². The summed E-state index contributed by atoms with van der Waals surface area (Å²) in [5, 5.41) is 14.7. The first-order valence-electron chi connectivity index (χ1n) is 8.75. The second kappa shape index (κ2) is 8.06. The Morgan fingerprint density at radius 2 is 2.00 bits per heavy atom. The number of amides is 1. The predicted octanol–water partition coefficient (Wildman–Crippen LogP) is 4.58. The van der Waals surface area contributed by atoms with Crippen molar-refractivity contribution < 1.29 is 4.79 Å². The van der Waals surface area contributed by atoms with Gasteiger partial charge in [0.2, 0.25) is 5.95 Å². The molecule has 4 aromatic rings. The minimum absolute atomic E-state index is 0.216. The number of hydrogen-bond donors (Lipinski definition) is 2. The van der Waals surface area contributed by atoms with Crippen LogP contribution in [-0.4, -0.2) is 30.9 Å². The summed E-state index contributed by atoms with van der Waals surface area (Å²) in [4.78, 5) is 16.6. The molecule has 0 atom stereocenters. The lowest BCUT2D eigenvalue weighted by molar-refractivity contribution is 0.102. The third-order valence-corrected chi connectivity index (χ3v) is 4.97. The van der Waals surface area contributed by atoms with Crippen molar-refractivity contribution in [2.45, 2.75) is 13.5 Å². The molecule has 2 N–H and O–H groups in total. The molecule has 146 valence electrons. The maximum Gasteiger partial charge on any atom is 0.276 e. The summed E-state index contributed by atoms with van der Waals surface area (Å²) in [6, 6.07) is 14.9. The molecule has 0 fully saturated rings. The van der Waals surface area contributed by atoms with Crippen LogP contribution >= 0.6 is 23.2 Å². The SMILES string of the molecule is Cc1cccc(Cn2cnc(NC(=O)c3cc(-c4ccc(Cl)c(Cl)c4)n[nH]3)n2)c1. The number of aromatic amines is 1. The van der Waals surface area contributed by atoms with Crippen LogP contribution in [0.2, 0.25) is 10.0 Å². The van der Waals surface area contributed by atoms with Gasteiger partial charge in [0.05, 0.1) is 22.3 Å². The molecule has 7 nitrogen and oxygen atoms in total. The molecule has 9 heteroatoms. The van der Waals surface area contributed by atoms with Crippen molar-refractivity contribution in [3.05, 3.63) is 81.7 Å². The summed E-state index contributed by atoms with van der Waals surface area (Å²) in [6.07, 6.45) is 1.58. The van der Waals surface area contributed by atoms with Crippen molar-refractivity contribution >= 4 is 35.1 Å². The van der Waals surface area contributed by atoms with Crippen molar-refractivity contribution in [1.82, 2.24) is 25.0 Å². The summed E-state index contributed by atoms with van der Waals surface area (Å²) in [6.45, 7) is 2.60. The number of nitrogens with one attached hydrogen (secondary N) is 2. The molecule has 0 aliphatic rings. The Labute approximate surface area is 176 Å². The van der Waals surface area contributed by atoms with Gasteiger partial charge in [-0.3, -0.25) is 15.2 Å². The van der Waals surface area contributed by atoms with Crippen molar-refractivity contribution in [3.63, 3.8) is 0 Å². The quantitative estimate of drug-likeness (QED) is 0.488. The highest BCUT2D eigenvalue weighted by atomic mass is 35.5. The Hall–Kier alpha value is -3.16. The second-order valence-electron chi connectivity index (χ2n) is 6.50. The molecule has 0 spiro atoms. The van der Waals surface area contributed by atoms with E-state index in [1.807, 2.05) is 25.1 Å². The lowest BCUT2D eigenvalue weighted by Gasteiger charge is -2.02. The van der Waals surface area contributed by atoms with Crippen molar-refractivity contribution in [2.75, 3.05) is 5.32 Å². The van der Waals surface area contributed by atoms with Gasteiger partial charge in [-0.05, 0) is 30.7 Å². The number of benzene rings is 2. The van der Waals surface area contributed by atoms with E-state index in [9.17, 15) is 4.79 Å². The summed E-state index contributed by atoms with van der Waals surface area (Å²) >= 11 is 12.0. The number of anilines is 1. The topological polar surface area (TPSA) is 88.5 Å². The third kappa shape index (κ3) is 4.47. The first-order chi connectivity index (χ1) is 14.0.